The highest BCUT2D eigenvalue weighted by molar-refractivity contribution is 5.76. The summed E-state index contributed by atoms with van der Waals surface area (Å²) in [5.41, 5.74) is 2.53. The molecule has 2 aromatic heterocycles. The fraction of sp³-hybridized carbons (Fsp3) is 0.167. The van der Waals surface area contributed by atoms with E-state index in [1.807, 2.05) is 18.2 Å². The Morgan fingerprint density at radius 1 is 1.28 bits per heavy atom. The van der Waals surface area contributed by atoms with Crippen molar-refractivity contribution in [2.75, 3.05) is 6.61 Å². The van der Waals surface area contributed by atoms with E-state index in [9.17, 15) is 9.18 Å². The molecular formula is C18H17FN4O2. The van der Waals surface area contributed by atoms with Gasteiger partial charge in [-0.25, -0.2) is 14.2 Å². The number of aromatic amines is 1. The molecule has 25 heavy (non-hydrogen) atoms. The monoisotopic (exact) mass is 340 g/mol. The molecule has 0 fully saturated rings. The minimum atomic E-state index is -0.523. The Hall–Kier alpha value is -3.22. The van der Waals surface area contributed by atoms with Crippen molar-refractivity contribution in [2.24, 2.45) is 0 Å². The van der Waals surface area contributed by atoms with Gasteiger partial charge in [0.2, 0.25) is 0 Å². The van der Waals surface area contributed by atoms with Crippen LogP contribution in [0.15, 0.2) is 48.7 Å². The van der Waals surface area contributed by atoms with Crippen molar-refractivity contribution in [3.05, 3.63) is 60.3 Å². The predicted molar refractivity (Wildman–Crippen MR) is 91.1 cm³/mol. The van der Waals surface area contributed by atoms with Gasteiger partial charge in [-0.05, 0) is 31.2 Å². The SMILES string of the molecule is CCOC(=O)NCc1nc(-c2cccc(F)c2)c(-c2ccccn2)[nH]1. The number of hydrogen-bond donors (Lipinski definition) is 2. The normalized spacial score (nSPS) is 10.5. The molecule has 0 unspecified atom stereocenters. The molecule has 0 aliphatic rings. The van der Waals surface area contributed by atoms with Crippen molar-refractivity contribution in [3.63, 3.8) is 0 Å². The summed E-state index contributed by atoms with van der Waals surface area (Å²) in [6.07, 6.45) is 1.15. The number of ether oxygens (including phenoxy) is 1. The van der Waals surface area contributed by atoms with Crippen LogP contribution in [-0.2, 0) is 11.3 Å². The maximum Gasteiger partial charge on any atom is 0.407 e. The lowest BCUT2D eigenvalue weighted by molar-refractivity contribution is 0.151. The van der Waals surface area contributed by atoms with Crippen LogP contribution in [0, 0.1) is 5.82 Å². The Bertz CT molecular complexity index is 865. The Labute approximate surface area is 144 Å². The van der Waals surface area contributed by atoms with E-state index in [2.05, 4.69) is 20.3 Å². The van der Waals surface area contributed by atoms with Crippen LogP contribution in [0.2, 0.25) is 0 Å². The van der Waals surface area contributed by atoms with Gasteiger partial charge in [0.1, 0.15) is 11.6 Å². The molecule has 2 N–H and O–H groups in total. The summed E-state index contributed by atoms with van der Waals surface area (Å²) >= 11 is 0. The molecule has 0 radical (unpaired) electrons. The number of benzene rings is 1. The molecule has 0 aliphatic carbocycles. The Kier molecular flexibility index (Phi) is 5.03. The zero-order valence-electron chi connectivity index (χ0n) is 13.6. The third kappa shape index (κ3) is 4.00. The predicted octanol–water partition coefficient (Wildman–Crippen LogP) is 3.52. The second kappa shape index (κ2) is 7.57. The number of rotatable bonds is 5. The van der Waals surface area contributed by atoms with Gasteiger partial charge in [-0.1, -0.05) is 18.2 Å². The van der Waals surface area contributed by atoms with Crippen molar-refractivity contribution in [1.82, 2.24) is 20.3 Å². The molecule has 0 aliphatic heterocycles. The van der Waals surface area contributed by atoms with Gasteiger partial charge < -0.3 is 15.0 Å². The summed E-state index contributed by atoms with van der Waals surface area (Å²) < 4.78 is 18.4. The first-order chi connectivity index (χ1) is 12.2. The number of H-pyrrole nitrogens is 1. The summed E-state index contributed by atoms with van der Waals surface area (Å²) in [7, 11) is 0. The molecule has 3 aromatic rings. The quantitative estimate of drug-likeness (QED) is 0.745. The summed E-state index contributed by atoms with van der Waals surface area (Å²) in [6, 6.07) is 11.7. The summed E-state index contributed by atoms with van der Waals surface area (Å²) in [5, 5.41) is 2.61. The highest BCUT2D eigenvalue weighted by atomic mass is 19.1. The van der Waals surface area contributed by atoms with Crippen molar-refractivity contribution in [3.8, 4) is 22.6 Å². The first kappa shape index (κ1) is 16.6. The molecule has 7 heteroatoms. The second-order valence-corrected chi connectivity index (χ2v) is 5.21. The third-order valence-corrected chi connectivity index (χ3v) is 3.45. The maximum absolute atomic E-state index is 13.6. The maximum atomic E-state index is 13.6. The van der Waals surface area contributed by atoms with Crippen LogP contribution >= 0.6 is 0 Å². The Morgan fingerprint density at radius 2 is 2.16 bits per heavy atom. The summed E-state index contributed by atoms with van der Waals surface area (Å²) in [6.45, 7) is 2.18. The number of alkyl carbamates (subject to hydrolysis) is 1. The lowest BCUT2D eigenvalue weighted by Gasteiger charge is -2.02. The molecule has 0 saturated carbocycles. The topological polar surface area (TPSA) is 79.9 Å². The highest BCUT2D eigenvalue weighted by Crippen LogP contribution is 2.29. The molecular weight excluding hydrogens is 323 g/mol. The van der Waals surface area contributed by atoms with E-state index in [1.54, 1.807) is 25.3 Å². The number of carbonyl (C=O) groups excluding carboxylic acids is 1. The number of amides is 1. The number of pyridine rings is 1. The molecule has 0 saturated heterocycles. The van der Waals surface area contributed by atoms with Crippen LogP contribution in [0.3, 0.4) is 0 Å². The molecule has 6 nitrogen and oxygen atoms in total. The molecule has 1 amide bonds. The second-order valence-electron chi connectivity index (χ2n) is 5.21. The number of aromatic nitrogens is 3. The van der Waals surface area contributed by atoms with Crippen LogP contribution < -0.4 is 5.32 Å². The van der Waals surface area contributed by atoms with E-state index in [-0.39, 0.29) is 19.0 Å². The first-order valence-corrected chi connectivity index (χ1v) is 7.84. The first-order valence-electron chi connectivity index (χ1n) is 7.84. The largest absolute Gasteiger partial charge is 0.450 e. The number of carbonyl (C=O) groups is 1. The average molecular weight is 340 g/mol. The van der Waals surface area contributed by atoms with E-state index >= 15 is 0 Å². The van der Waals surface area contributed by atoms with Crippen LogP contribution in [0.1, 0.15) is 12.7 Å². The van der Waals surface area contributed by atoms with E-state index < -0.39 is 6.09 Å². The van der Waals surface area contributed by atoms with Crippen molar-refractivity contribution < 1.29 is 13.9 Å². The minimum Gasteiger partial charge on any atom is -0.450 e. The summed E-state index contributed by atoms with van der Waals surface area (Å²) in [4.78, 5) is 23.4. The number of hydrogen-bond acceptors (Lipinski definition) is 4. The fourth-order valence-electron chi connectivity index (χ4n) is 2.38. The Morgan fingerprint density at radius 3 is 2.88 bits per heavy atom. The van der Waals surface area contributed by atoms with Crippen molar-refractivity contribution >= 4 is 6.09 Å². The van der Waals surface area contributed by atoms with E-state index in [0.717, 1.165) is 0 Å². The highest BCUT2D eigenvalue weighted by Gasteiger charge is 2.16. The lowest BCUT2D eigenvalue weighted by atomic mass is 10.1. The van der Waals surface area contributed by atoms with Crippen molar-refractivity contribution in [2.45, 2.75) is 13.5 Å². The van der Waals surface area contributed by atoms with Gasteiger partial charge in [-0.2, -0.15) is 0 Å². The lowest BCUT2D eigenvalue weighted by Crippen LogP contribution is -2.24. The van der Waals surface area contributed by atoms with Gasteiger partial charge in [-0.3, -0.25) is 4.98 Å². The molecule has 0 spiro atoms. The molecule has 2 heterocycles. The molecule has 128 valence electrons. The molecule has 1 aromatic carbocycles. The molecule has 0 atom stereocenters. The average Bonchev–Trinajstić information content (AvgIpc) is 3.05. The minimum absolute atomic E-state index is 0.161. The van der Waals surface area contributed by atoms with Crippen LogP contribution in [0.4, 0.5) is 9.18 Å². The number of nitrogens with one attached hydrogen (secondary N) is 2. The number of halogens is 1. The fourth-order valence-corrected chi connectivity index (χ4v) is 2.38. The zero-order valence-corrected chi connectivity index (χ0v) is 13.6. The van der Waals surface area contributed by atoms with E-state index in [4.69, 9.17) is 4.74 Å². The summed E-state index contributed by atoms with van der Waals surface area (Å²) in [5.74, 6) is 0.173. The van der Waals surface area contributed by atoms with Crippen LogP contribution in [0.25, 0.3) is 22.6 Å². The van der Waals surface area contributed by atoms with Gasteiger partial charge in [-0.15, -0.1) is 0 Å². The molecule has 0 bridgehead atoms. The van der Waals surface area contributed by atoms with Crippen molar-refractivity contribution in [1.29, 1.82) is 0 Å². The zero-order chi connectivity index (χ0) is 17.6. The van der Waals surface area contributed by atoms with Gasteiger partial charge in [0.15, 0.2) is 0 Å². The molecule has 3 rings (SSSR count). The smallest absolute Gasteiger partial charge is 0.407 e. The number of nitrogens with zero attached hydrogens (tertiary/aromatic N) is 2. The van der Waals surface area contributed by atoms with Gasteiger partial charge in [0, 0.05) is 11.8 Å². The Balaban J connectivity index is 1.96. The van der Waals surface area contributed by atoms with Gasteiger partial charge in [0.05, 0.1) is 30.2 Å². The van der Waals surface area contributed by atoms with Crippen LogP contribution in [0.5, 0.6) is 0 Å². The third-order valence-electron chi connectivity index (χ3n) is 3.45. The number of imidazole rings is 1. The van der Waals surface area contributed by atoms with E-state index in [0.29, 0.717) is 28.5 Å². The van der Waals surface area contributed by atoms with Crippen LogP contribution in [-0.4, -0.2) is 27.7 Å². The standard InChI is InChI=1S/C18H17FN4O2/c1-2-25-18(24)21-11-15-22-16(12-6-5-7-13(19)10-12)17(23-15)14-8-3-4-9-20-14/h3-10H,2,11H2,1H3,(H,21,24)(H,22,23). The van der Waals surface area contributed by atoms with E-state index in [1.165, 1.54) is 12.1 Å². The van der Waals surface area contributed by atoms with Gasteiger partial charge in [0.25, 0.3) is 0 Å². The van der Waals surface area contributed by atoms with Gasteiger partial charge >= 0.3 is 6.09 Å².